The van der Waals surface area contributed by atoms with Crippen molar-refractivity contribution in [2.45, 2.75) is 26.7 Å². The molecule has 1 aromatic heterocycles. The molecule has 2 rings (SSSR count). The van der Waals surface area contributed by atoms with Crippen LogP contribution in [-0.2, 0) is 7.05 Å². The summed E-state index contributed by atoms with van der Waals surface area (Å²) in [6.07, 6.45) is 0. The second-order valence-corrected chi connectivity index (χ2v) is 4.80. The van der Waals surface area contributed by atoms with Gasteiger partial charge in [-0.1, -0.05) is 38.1 Å². The fraction of sp³-hybridized carbons (Fsp3) is 0.333. The summed E-state index contributed by atoms with van der Waals surface area (Å²) in [7, 11) is 1.94. The maximum Gasteiger partial charge on any atom is 0.166 e. The van der Waals surface area contributed by atoms with Gasteiger partial charge in [-0.25, -0.2) is 4.98 Å². The lowest BCUT2D eigenvalue weighted by molar-refractivity contribution is 0.860. The summed E-state index contributed by atoms with van der Waals surface area (Å²) in [6.45, 7) is 6.25. The maximum atomic E-state index is 9.13. The number of benzene rings is 1. The molecule has 0 aliphatic rings. The van der Waals surface area contributed by atoms with E-state index in [1.165, 1.54) is 5.56 Å². The van der Waals surface area contributed by atoms with E-state index in [0.29, 0.717) is 11.6 Å². The standard InChI is InChI=1S/C15H17N3/c1-10(2)12-5-7-13(8-6-12)15-14(9-16)17-11(3)18(15)4/h5-8,10H,1-4H3. The van der Waals surface area contributed by atoms with Crippen molar-refractivity contribution in [1.82, 2.24) is 9.55 Å². The molecule has 0 spiro atoms. The molecule has 0 aliphatic carbocycles. The molecule has 0 radical (unpaired) electrons. The van der Waals surface area contributed by atoms with Gasteiger partial charge >= 0.3 is 0 Å². The van der Waals surface area contributed by atoms with Crippen molar-refractivity contribution < 1.29 is 0 Å². The molecule has 0 aliphatic heterocycles. The van der Waals surface area contributed by atoms with Gasteiger partial charge < -0.3 is 4.57 Å². The fourth-order valence-corrected chi connectivity index (χ4v) is 2.04. The Morgan fingerprint density at radius 2 is 1.83 bits per heavy atom. The average Bonchev–Trinajstić information content (AvgIpc) is 2.65. The summed E-state index contributed by atoms with van der Waals surface area (Å²) in [5.74, 6) is 1.37. The van der Waals surface area contributed by atoms with Gasteiger partial charge in [0, 0.05) is 12.6 Å². The lowest BCUT2D eigenvalue weighted by atomic mass is 10.0. The monoisotopic (exact) mass is 239 g/mol. The van der Waals surface area contributed by atoms with Crippen molar-refractivity contribution >= 4 is 0 Å². The van der Waals surface area contributed by atoms with Crippen LogP contribution in [0.4, 0.5) is 0 Å². The minimum atomic E-state index is 0.493. The van der Waals surface area contributed by atoms with E-state index in [1.54, 1.807) is 0 Å². The number of nitrogens with zero attached hydrogens (tertiary/aromatic N) is 3. The molecular weight excluding hydrogens is 222 g/mol. The highest BCUT2D eigenvalue weighted by molar-refractivity contribution is 5.66. The van der Waals surface area contributed by atoms with E-state index in [-0.39, 0.29) is 0 Å². The number of aromatic nitrogens is 2. The van der Waals surface area contributed by atoms with Gasteiger partial charge in [0.2, 0.25) is 0 Å². The van der Waals surface area contributed by atoms with Crippen LogP contribution < -0.4 is 0 Å². The molecule has 0 saturated heterocycles. The van der Waals surface area contributed by atoms with Crippen LogP contribution in [0.5, 0.6) is 0 Å². The minimum Gasteiger partial charge on any atom is -0.330 e. The van der Waals surface area contributed by atoms with Gasteiger partial charge in [0.05, 0.1) is 5.69 Å². The van der Waals surface area contributed by atoms with Crippen LogP contribution in [0.15, 0.2) is 24.3 Å². The predicted octanol–water partition coefficient (Wildman–Crippen LogP) is 3.39. The zero-order chi connectivity index (χ0) is 13.3. The molecular formula is C15H17N3. The Morgan fingerprint density at radius 3 is 2.33 bits per heavy atom. The first-order valence-corrected chi connectivity index (χ1v) is 6.08. The van der Waals surface area contributed by atoms with E-state index in [2.05, 4.69) is 49.2 Å². The summed E-state index contributed by atoms with van der Waals surface area (Å²) in [5, 5.41) is 9.13. The maximum absolute atomic E-state index is 9.13. The highest BCUT2D eigenvalue weighted by Gasteiger charge is 2.13. The van der Waals surface area contributed by atoms with E-state index in [4.69, 9.17) is 5.26 Å². The van der Waals surface area contributed by atoms with Gasteiger partial charge in [-0.2, -0.15) is 5.26 Å². The van der Waals surface area contributed by atoms with E-state index in [9.17, 15) is 0 Å². The van der Waals surface area contributed by atoms with Crippen LogP contribution >= 0.6 is 0 Å². The van der Waals surface area contributed by atoms with E-state index in [0.717, 1.165) is 17.1 Å². The topological polar surface area (TPSA) is 41.6 Å². The molecule has 0 amide bonds. The molecule has 0 N–H and O–H groups in total. The summed E-state index contributed by atoms with van der Waals surface area (Å²) in [5.41, 5.74) is 3.73. The molecule has 1 aromatic carbocycles. The summed E-state index contributed by atoms with van der Waals surface area (Å²) < 4.78 is 1.96. The Labute approximate surface area is 108 Å². The molecule has 0 fully saturated rings. The number of nitriles is 1. The molecule has 3 nitrogen and oxygen atoms in total. The number of aryl methyl sites for hydroxylation is 1. The van der Waals surface area contributed by atoms with E-state index >= 15 is 0 Å². The van der Waals surface area contributed by atoms with Crippen LogP contribution in [0, 0.1) is 18.3 Å². The van der Waals surface area contributed by atoms with Crippen LogP contribution in [0.3, 0.4) is 0 Å². The smallest absolute Gasteiger partial charge is 0.166 e. The zero-order valence-electron chi connectivity index (χ0n) is 11.2. The normalized spacial score (nSPS) is 10.7. The van der Waals surface area contributed by atoms with Crippen LogP contribution in [0.25, 0.3) is 11.3 Å². The fourth-order valence-electron chi connectivity index (χ4n) is 2.04. The SMILES string of the molecule is Cc1nc(C#N)c(-c2ccc(C(C)C)cc2)n1C. The van der Waals surface area contributed by atoms with Gasteiger partial charge in [0.15, 0.2) is 5.69 Å². The van der Waals surface area contributed by atoms with Gasteiger partial charge in [-0.05, 0) is 18.4 Å². The van der Waals surface area contributed by atoms with Gasteiger partial charge in [-0.3, -0.25) is 0 Å². The Bertz CT molecular complexity index is 598. The Morgan fingerprint density at radius 1 is 1.22 bits per heavy atom. The summed E-state index contributed by atoms with van der Waals surface area (Å²) in [4.78, 5) is 4.26. The van der Waals surface area contributed by atoms with Crippen molar-refractivity contribution in [3.63, 3.8) is 0 Å². The zero-order valence-corrected chi connectivity index (χ0v) is 11.2. The third-order valence-corrected chi connectivity index (χ3v) is 3.28. The van der Waals surface area contributed by atoms with Crippen LogP contribution in [0.1, 0.15) is 36.8 Å². The number of imidazole rings is 1. The Balaban J connectivity index is 2.52. The van der Waals surface area contributed by atoms with E-state index < -0.39 is 0 Å². The van der Waals surface area contributed by atoms with Gasteiger partial charge in [0.25, 0.3) is 0 Å². The second-order valence-electron chi connectivity index (χ2n) is 4.80. The summed E-state index contributed by atoms with van der Waals surface area (Å²) in [6, 6.07) is 10.5. The van der Waals surface area contributed by atoms with Crippen molar-refractivity contribution in [1.29, 1.82) is 5.26 Å². The highest BCUT2D eigenvalue weighted by Crippen LogP contribution is 2.25. The van der Waals surface area contributed by atoms with E-state index in [1.807, 2.05) is 18.5 Å². The quantitative estimate of drug-likeness (QED) is 0.806. The molecule has 18 heavy (non-hydrogen) atoms. The molecule has 2 aromatic rings. The Hall–Kier alpha value is -2.08. The van der Waals surface area contributed by atoms with Crippen molar-refractivity contribution in [3.8, 4) is 17.3 Å². The number of rotatable bonds is 2. The van der Waals surface area contributed by atoms with Gasteiger partial charge in [-0.15, -0.1) is 0 Å². The predicted molar refractivity (Wildman–Crippen MR) is 72.2 cm³/mol. The largest absolute Gasteiger partial charge is 0.330 e. The third kappa shape index (κ3) is 2.02. The summed E-state index contributed by atoms with van der Waals surface area (Å²) >= 11 is 0. The molecule has 0 saturated carbocycles. The van der Waals surface area contributed by atoms with Crippen LogP contribution in [-0.4, -0.2) is 9.55 Å². The second kappa shape index (κ2) is 4.66. The highest BCUT2D eigenvalue weighted by atomic mass is 15.1. The first-order chi connectivity index (χ1) is 8.54. The number of hydrogen-bond donors (Lipinski definition) is 0. The molecule has 0 atom stereocenters. The minimum absolute atomic E-state index is 0.493. The Kier molecular flexibility index (Phi) is 3.20. The molecule has 92 valence electrons. The lowest BCUT2D eigenvalue weighted by Crippen LogP contribution is -1.95. The van der Waals surface area contributed by atoms with Crippen molar-refractivity contribution in [3.05, 3.63) is 41.3 Å². The first-order valence-electron chi connectivity index (χ1n) is 6.08. The molecule has 0 unspecified atom stereocenters. The lowest BCUT2D eigenvalue weighted by Gasteiger charge is -2.08. The van der Waals surface area contributed by atoms with Crippen molar-refractivity contribution in [2.75, 3.05) is 0 Å². The molecule has 3 heteroatoms. The first kappa shape index (κ1) is 12.4. The average molecular weight is 239 g/mol. The molecule has 1 heterocycles. The molecule has 0 bridgehead atoms. The van der Waals surface area contributed by atoms with Crippen LogP contribution in [0.2, 0.25) is 0 Å². The third-order valence-electron chi connectivity index (χ3n) is 3.28. The van der Waals surface area contributed by atoms with Gasteiger partial charge in [0.1, 0.15) is 11.9 Å². The number of hydrogen-bond acceptors (Lipinski definition) is 2. The van der Waals surface area contributed by atoms with Crippen molar-refractivity contribution in [2.24, 2.45) is 7.05 Å².